The Balaban J connectivity index is 2.44. The van der Waals surface area contributed by atoms with E-state index in [1.54, 1.807) is 25.1 Å². The highest BCUT2D eigenvalue weighted by Gasteiger charge is 2.18. The molecule has 4 heteroatoms. The minimum Gasteiger partial charge on any atom is -0.496 e. The highest BCUT2D eigenvalue weighted by Crippen LogP contribution is 2.32. The number of benzene rings is 2. The van der Waals surface area contributed by atoms with Crippen molar-refractivity contribution in [3.05, 3.63) is 69.3 Å². The average Bonchev–Trinajstić information content (AvgIpc) is 2.45. The minimum atomic E-state index is -0.372. The summed E-state index contributed by atoms with van der Waals surface area (Å²) in [5, 5.41) is 11.2. The molecule has 0 spiro atoms. The summed E-state index contributed by atoms with van der Waals surface area (Å²) in [6.45, 7) is 1.69. The molecule has 2 aromatic carbocycles. The van der Waals surface area contributed by atoms with Crippen molar-refractivity contribution in [3.8, 4) is 5.75 Å². The molecule has 0 N–H and O–H groups in total. The Morgan fingerprint density at radius 3 is 2.40 bits per heavy atom. The van der Waals surface area contributed by atoms with Gasteiger partial charge >= 0.3 is 0 Å². The van der Waals surface area contributed by atoms with E-state index in [0.717, 1.165) is 5.56 Å². The predicted molar refractivity (Wildman–Crippen MR) is 79.8 cm³/mol. The standard InChI is InChI=1S/C16H15NO3/c1-12-15(20-2)11-10-14(16(12)17(18)19)9-8-13-6-4-3-5-7-13/h3-11H,1-2H3/b9-8+. The Morgan fingerprint density at radius 2 is 1.80 bits per heavy atom. The smallest absolute Gasteiger partial charge is 0.283 e. The highest BCUT2D eigenvalue weighted by atomic mass is 16.6. The largest absolute Gasteiger partial charge is 0.496 e. The summed E-state index contributed by atoms with van der Waals surface area (Å²) >= 11 is 0. The third kappa shape index (κ3) is 2.85. The number of nitro benzene ring substituents is 1. The van der Waals surface area contributed by atoms with Gasteiger partial charge in [-0.05, 0) is 30.7 Å². The second-order valence-electron chi connectivity index (χ2n) is 4.33. The van der Waals surface area contributed by atoms with Crippen LogP contribution in [0, 0.1) is 17.0 Å². The molecule has 0 aliphatic rings. The van der Waals surface area contributed by atoms with E-state index in [1.807, 2.05) is 36.4 Å². The molecule has 2 rings (SSSR count). The Bertz CT molecular complexity index is 648. The molecular weight excluding hydrogens is 254 g/mol. The molecule has 0 amide bonds. The molecule has 20 heavy (non-hydrogen) atoms. The molecule has 0 heterocycles. The number of nitro groups is 1. The van der Waals surface area contributed by atoms with E-state index < -0.39 is 0 Å². The van der Waals surface area contributed by atoms with E-state index in [0.29, 0.717) is 16.9 Å². The van der Waals surface area contributed by atoms with Crippen LogP contribution in [0.5, 0.6) is 5.75 Å². The Hall–Kier alpha value is -2.62. The van der Waals surface area contributed by atoms with Gasteiger partial charge in [0.15, 0.2) is 0 Å². The molecule has 0 radical (unpaired) electrons. The fourth-order valence-corrected chi connectivity index (χ4v) is 2.05. The van der Waals surface area contributed by atoms with Crippen LogP contribution in [0.3, 0.4) is 0 Å². The number of methoxy groups -OCH3 is 1. The minimum absolute atomic E-state index is 0.0801. The van der Waals surface area contributed by atoms with E-state index in [9.17, 15) is 10.1 Å². The first kappa shape index (κ1) is 13.8. The van der Waals surface area contributed by atoms with Crippen LogP contribution in [-0.2, 0) is 0 Å². The normalized spacial score (nSPS) is 10.7. The van der Waals surface area contributed by atoms with Crippen molar-refractivity contribution in [1.29, 1.82) is 0 Å². The average molecular weight is 269 g/mol. The molecule has 0 aliphatic carbocycles. The SMILES string of the molecule is COc1ccc(/C=C/c2ccccc2)c([N+](=O)[O-])c1C. The fourth-order valence-electron chi connectivity index (χ4n) is 2.05. The Kier molecular flexibility index (Phi) is 4.15. The van der Waals surface area contributed by atoms with Crippen molar-refractivity contribution < 1.29 is 9.66 Å². The van der Waals surface area contributed by atoms with Crippen LogP contribution >= 0.6 is 0 Å². The summed E-state index contributed by atoms with van der Waals surface area (Å²) in [5.41, 5.74) is 2.18. The zero-order valence-electron chi connectivity index (χ0n) is 11.4. The molecule has 2 aromatic rings. The van der Waals surface area contributed by atoms with Gasteiger partial charge in [-0.1, -0.05) is 36.4 Å². The molecule has 4 nitrogen and oxygen atoms in total. The summed E-state index contributed by atoms with van der Waals surface area (Å²) < 4.78 is 5.13. The summed E-state index contributed by atoms with van der Waals surface area (Å²) in [6.07, 6.45) is 3.61. The topological polar surface area (TPSA) is 52.4 Å². The lowest BCUT2D eigenvalue weighted by atomic mass is 10.1. The van der Waals surface area contributed by atoms with Crippen molar-refractivity contribution in [2.24, 2.45) is 0 Å². The van der Waals surface area contributed by atoms with Gasteiger partial charge in [0.2, 0.25) is 0 Å². The van der Waals surface area contributed by atoms with Crippen LogP contribution in [0.15, 0.2) is 42.5 Å². The summed E-state index contributed by atoms with van der Waals surface area (Å²) in [5.74, 6) is 0.522. The van der Waals surface area contributed by atoms with Gasteiger partial charge in [-0.15, -0.1) is 0 Å². The molecule has 0 fully saturated rings. The number of rotatable bonds is 4. The van der Waals surface area contributed by atoms with Crippen LogP contribution in [0.25, 0.3) is 12.2 Å². The second-order valence-corrected chi connectivity index (χ2v) is 4.33. The number of ether oxygens (including phenoxy) is 1. The highest BCUT2D eigenvalue weighted by molar-refractivity contribution is 5.76. The lowest BCUT2D eigenvalue weighted by Gasteiger charge is -2.07. The van der Waals surface area contributed by atoms with Crippen LogP contribution in [0.4, 0.5) is 5.69 Å². The van der Waals surface area contributed by atoms with Crippen LogP contribution in [-0.4, -0.2) is 12.0 Å². The van der Waals surface area contributed by atoms with Gasteiger partial charge in [-0.3, -0.25) is 10.1 Å². The molecule has 0 unspecified atom stereocenters. The molecular formula is C16H15NO3. The third-order valence-electron chi connectivity index (χ3n) is 3.07. The third-order valence-corrected chi connectivity index (χ3v) is 3.07. The lowest BCUT2D eigenvalue weighted by Crippen LogP contribution is -1.97. The monoisotopic (exact) mass is 269 g/mol. The molecule has 0 atom stereocenters. The summed E-state index contributed by atoms with van der Waals surface area (Å²) in [4.78, 5) is 10.9. The maximum Gasteiger partial charge on any atom is 0.283 e. The van der Waals surface area contributed by atoms with Crippen molar-refractivity contribution >= 4 is 17.8 Å². The molecule has 102 valence electrons. The van der Waals surface area contributed by atoms with Gasteiger partial charge in [0.1, 0.15) is 5.75 Å². The quantitative estimate of drug-likeness (QED) is 0.477. The number of hydrogen-bond donors (Lipinski definition) is 0. The molecule has 0 saturated heterocycles. The van der Waals surface area contributed by atoms with E-state index in [-0.39, 0.29) is 10.6 Å². The Morgan fingerprint density at radius 1 is 1.10 bits per heavy atom. The van der Waals surface area contributed by atoms with Crippen molar-refractivity contribution in [1.82, 2.24) is 0 Å². The Labute approximate surface area is 117 Å². The van der Waals surface area contributed by atoms with Crippen LogP contribution in [0.2, 0.25) is 0 Å². The van der Waals surface area contributed by atoms with Gasteiger partial charge < -0.3 is 4.74 Å². The first-order chi connectivity index (χ1) is 9.63. The molecule has 0 aromatic heterocycles. The summed E-state index contributed by atoms with van der Waals surface area (Å²) in [6, 6.07) is 13.1. The van der Waals surface area contributed by atoms with Crippen molar-refractivity contribution in [2.45, 2.75) is 6.92 Å². The van der Waals surface area contributed by atoms with Crippen molar-refractivity contribution in [2.75, 3.05) is 7.11 Å². The maximum atomic E-state index is 11.2. The van der Waals surface area contributed by atoms with Gasteiger partial charge in [0.05, 0.1) is 23.2 Å². The second kappa shape index (κ2) is 6.02. The van der Waals surface area contributed by atoms with Crippen LogP contribution < -0.4 is 4.74 Å². The molecule has 0 saturated carbocycles. The zero-order chi connectivity index (χ0) is 14.5. The first-order valence-electron chi connectivity index (χ1n) is 6.18. The van der Waals surface area contributed by atoms with Crippen molar-refractivity contribution in [3.63, 3.8) is 0 Å². The van der Waals surface area contributed by atoms with E-state index in [4.69, 9.17) is 4.74 Å². The molecule has 0 aliphatic heterocycles. The fraction of sp³-hybridized carbons (Fsp3) is 0.125. The zero-order valence-corrected chi connectivity index (χ0v) is 11.4. The van der Waals surface area contributed by atoms with E-state index >= 15 is 0 Å². The maximum absolute atomic E-state index is 11.2. The summed E-state index contributed by atoms with van der Waals surface area (Å²) in [7, 11) is 1.51. The van der Waals surface area contributed by atoms with Crippen LogP contribution in [0.1, 0.15) is 16.7 Å². The van der Waals surface area contributed by atoms with E-state index in [1.165, 1.54) is 7.11 Å². The predicted octanol–water partition coefficient (Wildman–Crippen LogP) is 4.08. The first-order valence-corrected chi connectivity index (χ1v) is 6.18. The van der Waals surface area contributed by atoms with Gasteiger partial charge in [-0.25, -0.2) is 0 Å². The van der Waals surface area contributed by atoms with Gasteiger partial charge in [0, 0.05) is 0 Å². The van der Waals surface area contributed by atoms with Gasteiger partial charge in [0.25, 0.3) is 5.69 Å². The van der Waals surface area contributed by atoms with Gasteiger partial charge in [-0.2, -0.15) is 0 Å². The number of hydrogen-bond acceptors (Lipinski definition) is 3. The number of nitrogens with zero attached hydrogens (tertiary/aromatic N) is 1. The lowest BCUT2D eigenvalue weighted by molar-refractivity contribution is -0.385. The molecule has 0 bridgehead atoms. The van der Waals surface area contributed by atoms with E-state index in [2.05, 4.69) is 0 Å².